The van der Waals surface area contributed by atoms with E-state index in [2.05, 4.69) is 31.5 Å². The van der Waals surface area contributed by atoms with Crippen molar-refractivity contribution < 1.29 is 4.42 Å². The molecule has 2 rings (SSSR count). The molecule has 0 radical (unpaired) electrons. The molecule has 0 unspecified atom stereocenters. The normalized spacial score (nSPS) is 10.1. The molecule has 94 valence electrons. The molecular formula is C11H9BrClN3OS. The number of aromatic nitrogens is 1. The van der Waals surface area contributed by atoms with Crippen LogP contribution in [0.3, 0.4) is 0 Å². The molecule has 0 aliphatic rings. The van der Waals surface area contributed by atoms with E-state index in [-0.39, 0.29) is 0 Å². The summed E-state index contributed by atoms with van der Waals surface area (Å²) in [5.74, 6) is 1.31. The molecule has 0 atom stereocenters. The van der Waals surface area contributed by atoms with Gasteiger partial charge in [-0.3, -0.25) is 0 Å². The fraction of sp³-hybridized carbons (Fsp3) is 0.0909. The summed E-state index contributed by atoms with van der Waals surface area (Å²) in [7, 11) is 0. The SMILES string of the molecule is S=C(NCc1ccco1)Nc1ncc(Br)cc1Cl. The third-order valence-corrected chi connectivity index (χ3v) is 3.01. The maximum absolute atomic E-state index is 6.01. The average Bonchev–Trinajstić information content (AvgIpc) is 2.83. The van der Waals surface area contributed by atoms with Gasteiger partial charge in [-0.25, -0.2) is 4.98 Å². The molecule has 0 aliphatic heterocycles. The van der Waals surface area contributed by atoms with Gasteiger partial charge in [-0.15, -0.1) is 0 Å². The summed E-state index contributed by atoms with van der Waals surface area (Å²) in [6, 6.07) is 5.42. The van der Waals surface area contributed by atoms with Crippen molar-refractivity contribution in [2.45, 2.75) is 6.54 Å². The number of furan rings is 1. The lowest BCUT2D eigenvalue weighted by Gasteiger charge is -2.09. The van der Waals surface area contributed by atoms with Crippen molar-refractivity contribution >= 4 is 50.7 Å². The molecule has 4 nitrogen and oxygen atoms in total. The summed E-state index contributed by atoms with van der Waals surface area (Å²) in [4.78, 5) is 4.12. The molecule has 2 heterocycles. The fourth-order valence-electron chi connectivity index (χ4n) is 1.24. The molecule has 7 heteroatoms. The zero-order chi connectivity index (χ0) is 13.0. The molecule has 0 bridgehead atoms. The van der Waals surface area contributed by atoms with Crippen LogP contribution in [0.25, 0.3) is 0 Å². The van der Waals surface area contributed by atoms with Gasteiger partial charge in [-0.2, -0.15) is 0 Å². The van der Waals surface area contributed by atoms with Crippen molar-refractivity contribution in [2.24, 2.45) is 0 Å². The zero-order valence-electron chi connectivity index (χ0n) is 9.11. The first-order chi connectivity index (χ1) is 8.65. The standard InChI is InChI=1S/C11H9BrClN3OS/c12-7-4-9(13)10(14-5-7)16-11(18)15-6-8-2-1-3-17-8/h1-5H,6H2,(H2,14,15,16,18). The number of rotatable bonds is 3. The minimum atomic E-state index is 0.433. The molecule has 0 fully saturated rings. The molecule has 0 saturated heterocycles. The van der Waals surface area contributed by atoms with E-state index >= 15 is 0 Å². The minimum Gasteiger partial charge on any atom is -0.467 e. The molecule has 0 amide bonds. The van der Waals surface area contributed by atoms with Crippen LogP contribution in [0, 0.1) is 0 Å². The van der Waals surface area contributed by atoms with Gasteiger partial charge >= 0.3 is 0 Å². The van der Waals surface area contributed by atoms with E-state index < -0.39 is 0 Å². The molecule has 2 N–H and O–H groups in total. The summed E-state index contributed by atoms with van der Waals surface area (Å²) in [6.45, 7) is 0.507. The quantitative estimate of drug-likeness (QED) is 0.832. The van der Waals surface area contributed by atoms with Crippen LogP contribution in [0.5, 0.6) is 0 Å². The van der Waals surface area contributed by atoms with Gasteiger partial charge in [0.15, 0.2) is 10.9 Å². The summed E-state index contributed by atoms with van der Waals surface area (Å²) < 4.78 is 5.99. The van der Waals surface area contributed by atoms with Gasteiger partial charge < -0.3 is 15.1 Å². The third kappa shape index (κ3) is 3.69. The van der Waals surface area contributed by atoms with Crippen LogP contribution in [-0.2, 0) is 6.54 Å². The number of hydrogen-bond acceptors (Lipinski definition) is 3. The second-order valence-corrected chi connectivity index (χ2v) is 5.10. The maximum Gasteiger partial charge on any atom is 0.172 e. The number of nitrogens with one attached hydrogen (secondary N) is 2. The average molecular weight is 347 g/mol. The number of hydrogen-bond donors (Lipinski definition) is 2. The second-order valence-electron chi connectivity index (χ2n) is 3.37. The molecule has 0 spiro atoms. The van der Waals surface area contributed by atoms with Gasteiger partial charge in [0.1, 0.15) is 5.76 Å². The highest BCUT2D eigenvalue weighted by molar-refractivity contribution is 9.10. The highest BCUT2D eigenvalue weighted by Gasteiger charge is 2.05. The Morgan fingerprint density at radius 3 is 3.06 bits per heavy atom. The van der Waals surface area contributed by atoms with Crippen LogP contribution in [0.15, 0.2) is 39.5 Å². The Bertz CT molecular complexity index is 547. The summed E-state index contributed by atoms with van der Waals surface area (Å²) >= 11 is 14.4. The molecular weight excluding hydrogens is 338 g/mol. The van der Waals surface area contributed by atoms with Crippen LogP contribution in [0.1, 0.15) is 5.76 Å². The first-order valence-corrected chi connectivity index (χ1v) is 6.61. The summed E-state index contributed by atoms with van der Waals surface area (Å²) in [5, 5.41) is 6.83. The largest absolute Gasteiger partial charge is 0.467 e. The van der Waals surface area contributed by atoms with Crippen molar-refractivity contribution in [3.05, 3.63) is 45.9 Å². The molecule has 0 saturated carbocycles. The van der Waals surface area contributed by atoms with Crippen LogP contribution < -0.4 is 10.6 Å². The molecule has 0 aliphatic carbocycles. The van der Waals surface area contributed by atoms with E-state index in [9.17, 15) is 0 Å². The Kier molecular flexibility index (Phi) is 4.57. The zero-order valence-corrected chi connectivity index (χ0v) is 12.3. The topological polar surface area (TPSA) is 50.1 Å². The van der Waals surface area contributed by atoms with E-state index in [1.807, 2.05) is 12.1 Å². The van der Waals surface area contributed by atoms with Crippen molar-refractivity contribution in [3.63, 3.8) is 0 Å². The van der Waals surface area contributed by atoms with E-state index in [0.29, 0.717) is 22.5 Å². The number of pyridine rings is 1. The fourth-order valence-corrected chi connectivity index (χ4v) is 2.08. The van der Waals surface area contributed by atoms with Gasteiger partial charge in [0.25, 0.3) is 0 Å². The Morgan fingerprint density at radius 2 is 2.39 bits per heavy atom. The Hall–Kier alpha value is -1.11. The lowest BCUT2D eigenvalue weighted by atomic mass is 10.4. The first kappa shape index (κ1) is 13.3. The van der Waals surface area contributed by atoms with Gasteiger partial charge in [0.05, 0.1) is 17.8 Å². The van der Waals surface area contributed by atoms with Crippen LogP contribution in [0.2, 0.25) is 5.02 Å². The lowest BCUT2D eigenvalue weighted by molar-refractivity contribution is 0.503. The van der Waals surface area contributed by atoms with Crippen molar-refractivity contribution in [1.29, 1.82) is 0 Å². The summed E-state index contributed by atoms with van der Waals surface area (Å²) in [5.41, 5.74) is 0. The smallest absolute Gasteiger partial charge is 0.172 e. The van der Waals surface area contributed by atoms with E-state index in [1.165, 1.54) is 0 Å². The third-order valence-electron chi connectivity index (χ3n) is 2.04. The molecule has 2 aromatic heterocycles. The van der Waals surface area contributed by atoms with Crippen LogP contribution in [-0.4, -0.2) is 10.1 Å². The highest BCUT2D eigenvalue weighted by atomic mass is 79.9. The van der Waals surface area contributed by atoms with Gasteiger partial charge in [-0.1, -0.05) is 11.6 Å². The minimum absolute atomic E-state index is 0.433. The van der Waals surface area contributed by atoms with Gasteiger partial charge in [-0.05, 0) is 46.3 Å². The van der Waals surface area contributed by atoms with E-state index in [0.717, 1.165) is 10.2 Å². The number of thiocarbonyl (C=S) groups is 1. The maximum atomic E-state index is 6.01. The predicted octanol–water partition coefficient (Wildman–Crippen LogP) is 3.58. The summed E-state index contributed by atoms with van der Waals surface area (Å²) in [6.07, 6.45) is 3.25. The Morgan fingerprint density at radius 1 is 1.56 bits per heavy atom. The van der Waals surface area contributed by atoms with Gasteiger partial charge in [0, 0.05) is 10.7 Å². The monoisotopic (exact) mass is 345 g/mol. The van der Waals surface area contributed by atoms with E-state index in [4.69, 9.17) is 28.2 Å². The molecule has 0 aromatic carbocycles. The highest BCUT2D eigenvalue weighted by Crippen LogP contribution is 2.22. The molecule has 18 heavy (non-hydrogen) atoms. The van der Waals surface area contributed by atoms with Crippen molar-refractivity contribution in [1.82, 2.24) is 10.3 Å². The predicted molar refractivity (Wildman–Crippen MR) is 78.7 cm³/mol. The number of anilines is 1. The first-order valence-electron chi connectivity index (χ1n) is 5.03. The van der Waals surface area contributed by atoms with Crippen LogP contribution in [0.4, 0.5) is 5.82 Å². The number of halogens is 2. The van der Waals surface area contributed by atoms with Gasteiger partial charge in [0.2, 0.25) is 0 Å². The van der Waals surface area contributed by atoms with Crippen LogP contribution >= 0.6 is 39.7 Å². The van der Waals surface area contributed by atoms with Crippen molar-refractivity contribution in [3.8, 4) is 0 Å². The molecule has 2 aromatic rings. The van der Waals surface area contributed by atoms with E-state index in [1.54, 1.807) is 18.5 Å². The van der Waals surface area contributed by atoms with Crippen molar-refractivity contribution in [2.75, 3.05) is 5.32 Å². The number of nitrogens with zero attached hydrogens (tertiary/aromatic N) is 1. The Labute approximate surface area is 123 Å². The second kappa shape index (κ2) is 6.17. The lowest BCUT2D eigenvalue weighted by Crippen LogP contribution is -2.28. The Balaban J connectivity index is 1.91.